The van der Waals surface area contributed by atoms with Crippen LogP contribution in [0.5, 0.6) is 11.5 Å². The zero-order valence-corrected chi connectivity index (χ0v) is 23.5. The minimum absolute atomic E-state index is 0.0380. The molecule has 3 amide bonds. The fourth-order valence-corrected chi connectivity index (χ4v) is 5.48. The number of aromatic nitrogens is 1. The van der Waals surface area contributed by atoms with Crippen molar-refractivity contribution in [1.29, 1.82) is 0 Å². The third-order valence-corrected chi connectivity index (χ3v) is 7.64. The van der Waals surface area contributed by atoms with Crippen molar-refractivity contribution in [2.75, 3.05) is 21.7 Å². The van der Waals surface area contributed by atoms with E-state index in [1.54, 1.807) is 37.3 Å². The van der Waals surface area contributed by atoms with Gasteiger partial charge in [0.2, 0.25) is 17.7 Å². The van der Waals surface area contributed by atoms with Gasteiger partial charge in [-0.2, -0.15) is 0 Å². The number of anilines is 2. The van der Waals surface area contributed by atoms with Gasteiger partial charge in [-0.15, -0.1) is 11.8 Å². The van der Waals surface area contributed by atoms with E-state index in [2.05, 4.69) is 15.8 Å². The Morgan fingerprint density at radius 1 is 1.07 bits per heavy atom. The van der Waals surface area contributed by atoms with Crippen LogP contribution >= 0.6 is 23.4 Å². The van der Waals surface area contributed by atoms with Crippen LogP contribution in [-0.4, -0.2) is 50.6 Å². The highest BCUT2D eigenvalue weighted by Gasteiger charge is 2.34. The SMILES string of the molecule is Cc1cc(NC(=O)CSCC(=O)N(c2cccc(Cl)c2)[C@H](C(=O)NC2CCCCC2)c2ccc(O)c(O)c2)no1. The Kier molecular flexibility index (Phi) is 9.94. The van der Waals surface area contributed by atoms with Gasteiger partial charge in [-0.25, -0.2) is 0 Å². The molecule has 0 unspecified atom stereocenters. The maximum atomic E-state index is 13.8. The fourth-order valence-electron chi connectivity index (χ4n) is 4.62. The normalized spacial score (nSPS) is 14.3. The quantitative estimate of drug-likeness (QED) is 0.244. The molecule has 2 aromatic carbocycles. The first-order valence-corrected chi connectivity index (χ1v) is 14.5. The summed E-state index contributed by atoms with van der Waals surface area (Å²) in [4.78, 5) is 41.3. The Morgan fingerprint density at radius 2 is 1.85 bits per heavy atom. The van der Waals surface area contributed by atoms with E-state index in [1.807, 2.05) is 0 Å². The number of phenols is 2. The first kappa shape index (κ1) is 29.3. The first-order valence-electron chi connectivity index (χ1n) is 12.9. The van der Waals surface area contributed by atoms with Gasteiger partial charge in [-0.05, 0) is 55.7 Å². The number of thioether (sulfide) groups is 1. The number of halogens is 1. The predicted molar refractivity (Wildman–Crippen MR) is 154 cm³/mol. The number of hydrogen-bond donors (Lipinski definition) is 4. The molecule has 0 saturated heterocycles. The van der Waals surface area contributed by atoms with E-state index in [1.165, 1.54) is 23.1 Å². The highest BCUT2D eigenvalue weighted by molar-refractivity contribution is 8.00. The van der Waals surface area contributed by atoms with Crippen LogP contribution in [-0.2, 0) is 14.4 Å². The number of nitrogens with zero attached hydrogens (tertiary/aromatic N) is 2. The van der Waals surface area contributed by atoms with E-state index >= 15 is 0 Å². The molecule has 4 N–H and O–H groups in total. The molecule has 1 heterocycles. The molecule has 1 aromatic heterocycles. The number of aryl methyl sites for hydroxylation is 1. The van der Waals surface area contributed by atoms with E-state index in [4.69, 9.17) is 16.1 Å². The van der Waals surface area contributed by atoms with Crippen LogP contribution in [0.3, 0.4) is 0 Å². The van der Waals surface area contributed by atoms with Crippen molar-refractivity contribution >= 4 is 52.6 Å². The van der Waals surface area contributed by atoms with Crippen LogP contribution in [0, 0.1) is 6.92 Å². The van der Waals surface area contributed by atoms with Gasteiger partial charge in [0, 0.05) is 22.8 Å². The molecule has 1 saturated carbocycles. The zero-order valence-electron chi connectivity index (χ0n) is 21.9. The molecule has 12 heteroatoms. The third-order valence-electron chi connectivity index (χ3n) is 6.48. The monoisotopic (exact) mass is 586 g/mol. The number of aromatic hydroxyl groups is 2. The summed E-state index contributed by atoms with van der Waals surface area (Å²) in [6.07, 6.45) is 4.77. The number of amides is 3. The molecular formula is C28H31ClN4O6S. The molecule has 1 aliphatic carbocycles. The Labute approximate surface area is 241 Å². The summed E-state index contributed by atoms with van der Waals surface area (Å²) >= 11 is 7.34. The Hall–Kier alpha value is -3.70. The van der Waals surface area contributed by atoms with Gasteiger partial charge in [-0.1, -0.05) is 48.2 Å². The summed E-state index contributed by atoms with van der Waals surface area (Å²) in [5.41, 5.74) is 0.679. The van der Waals surface area contributed by atoms with E-state index in [-0.39, 0.29) is 35.0 Å². The molecular weight excluding hydrogens is 556 g/mol. The summed E-state index contributed by atoms with van der Waals surface area (Å²) < 4.78 is 4.94. The Bertz CT molecular complexity index is 1360. The summed E-state index contributed by atoms with van der Waals surface area (Å²) in [6, 6.07) is 11.0. The molecule has 0 bridgehead atoms. The highest BCUT2D eigenvalue weighted by Crippen LogP contribution is 2.35. The van der Waals surface area contributed by atoms with Gasteiger partial charge >= 0.3 is 0 Å². The molecule has 1 atom stereocenters. The van der Waals surface area contributed by atoms with Gasteiger partial charge in [0.05, 0.1) is 11.5 Å². The first-order chi connectivity index (χ1) is 19.2. The van der Waals surface area contributed by atoms with E-state index in [0.717, 1.165) is 43.9 Å². The van der Waals surface area contributed by atoms with Crippen molar-refractivity contribution in [1.82, 2.24) is 10.5 Å². The van der Waals surface area contributed by atoms with E-state index < -0.39 is 23.6 Å². The molecule has 4 rings (SSSR count). The smallest absolute Gasteiger partial charge is 0.248 e. The maximum Gasteiger partial charge on any atom is 0.248 e. The van der Waals surface area contributed by atoms with Crippen LogP contribution in [0.2, 0.25) is 5.02 Å². The molecule has 1 fully saturated rings. The number of hydrogen-bond acceptors (Lipinski definition) is 8. The summed E-state index contributed by atoms with van der Waals surface area (Å²) in [6.45, 7) is 1.70. The van der Waals surface area contributed by atoms with Gasteiger partial charge < -0.3 is 25.4 Å². The molecule has 0 radical (unpaired) electrons. The van der Waals surface area contributed by atoms with Gasteiger partial charge in [-0.3, -0.25) is 19.3 Å². The average Bonchev–Trinajstić information content (AvgIpc) is 3.33. The van der Waals surface area contributed by atoms with Crippen molar-refractivity contribution in [3.8, 4) is 11.5 Å². The zero-order chi connectivity index (χ0) is 28.6. The number of benzene rings is 2. The Balaban J connectivity index is 1.60. The lowest BCUT2D eigenvalue weighted by atomic mass is 9.94. The average molecular weight is 587 g/mol. The van der Waals surface area contributed by atoms with Crippen LogP contribution in [0.25, 0.3) is 0 Å². The molecule has 1 aliphatic rings. The predicted octanol–water partition coefficient (Wildman–Crippen LogP) is 4.94. The Morgan fingerprint density at radius 3 is 2.52 bits per heavy atom. The largest absolute Gasteiger partial charge is 0.504 e. The number of carbonyl (C=O) groups excluding carboxylic acids is 3. The topological polar surface area (TPSA) is 145 Å². The van der Waals surface area contributed by atoms with Crippen LogP contribution in [0.1, 0.15) is 49.5 Å². The standard InChI is InChI=1S/C28H31ClN4O6S/c1-17-12-24(32-39-17)31-25(36)15-40-16-26(37)33(21-9-5-6-19(29)14-21)27(18-10-11-22(34)23(35)13-18)28(38)30-20-7-3-2-4-8-20/h5-6,9-14,20,27,34-35H,2-4,7-8,15-16H2,1H3,(H,30,38)(H,31,32,36)/t27-/m0/s1. The van der Waals surface area contributed by atoms with Gasteiger partial charge in [0.25, 0.3) is 0 Å². The number of phenolic OH excluding ortho intramolecular Hbond substituents is 2. The second-order valence-electron chi connectivity index (χ2n) is 9.60. The molecule has 10 nitrogen and oxygen atoms in total. The minimum atomic E-state index is -1.17. The van der Waals surface area contributed by atoms with Crippen LogP contribution in [0.15, 0.2) is 53.1 Å². The maximum absolute atomic E-state index is 13.8. The lowest BCUT2D eigenvalue weighted by Crippen LogP contribution is -2.48. The van der Waals surface area contributed by atoms with Crippen molar-refractivity contribution < 1.29 is 29.1 Å². The van der Waals surface area contributed by atoms with Crippen molar-refractivity contribution in [2.45, 2.75) is 51.1 Å². The lowest BCUT2D eigenvalue weighted by molar-refractivity contribution is -0.126. The number of rotatable bonds is 10. The number of carbonyl (C=O) groups is 3. The molecule has 40 heavy (non-hydrogen) atoms. The van der Waals surface area contributed by atoms with Gasteiger partial charge in [0.1, 0.15) is 11.8 Å². The molecule has 212 valence electrons. The second kappa shape index (κ2) is 13.6. The highest BCUT2D eigenvalue weighted by atomic mass is 35.5. The van der Waals surface area contributed by atoms with Crippen molar-refractivity contribution in [2.24, 2.45) is 0 Å². The molecule has 0 spiro atoms. The molecule has 3 aromatic rings. The van der Waals surface area contributed by atoms with Crippen LogP contribution in [0.4, 0.5) is 11.5 Å². The fraction of sp³-hybridized carbons (Fsp3) is 0.357. The minimum Gasteiger partial charge on any atom is -0.504 e. The third kappa shape index (κ3) is 7.70. The van der Waals surface area contributed by atoms with Crippen LogP contribution < -0.4 is 15.5 Å². The number of nitrogens with one attached hydrogen (secondary N) is 2. The second-order valence-corrected chi connectivity index (χ2v) is 11.0. The summed E-state index contributed by atoms with van der Waals surface area (Å²) in [7, 11) is 0. The van der Waals surface area contributed by atoms with Crippen molar-refractivity contribution in [3.63, 3.8) is 0 Å². The summed E-state index contributed by atoms with van der Waals surface area (Å²) in [5, 5.41) is 29.9. The van der Waals surface area contributed by atoms with Crippen molar-refractivity contribution in [3.05, 3.63) is 64.9 Å². The van der Waals surface area contributed by atoms with E-state index in [9.17, 15) is 24.6 Å². The molecule has 0 aliphatic heterocycles. The van der Waals surface area contributed by atoms with Gasteiger partial charge in [0.15, 0.2) is 17.3 Å². The van der Waals surface area contributed by atoms with E-state index in [0.29, 0.717) is 22.0 Å². The lowest BCUT2D eigenvalue weighted by Gasteiger charge is -2.33. The summed E-state index contributed by atoms with van der Waals surface area (Å²) in [5.74, 6) is -1.34.